The Morgan fingerprint density at radius 3 is 2.62 bits per heavy atom. The standard InChI is InChI=1S/C20H19N3O5S/c1-12-15(19(26)23-20(27)21-12)10-29-11-18(25)28-9-17(24)22-16-8-4-6-13-5-2-3-7-14(13)16/h2-8H,9-11H2,1H3,(H,22,24)(H2,21,23,26,27). The third-order valence-electron chi connectivity index (χ3n) is 4.15. The summed E-state index contributed by atoms with van der Waals surface area (Å²) in [6.07, 6.45) is 0. The number of aromatic nitrogens is 2. The van der Waals surface area contributed by atoms with Crippen molar-refractivity contribution in [2.45, 2.75) is 12.7 Å². The van der Waals surface area contributed by atoms with E-state index in [-0.39, 0.29) is 11.5 Å². The molecule has 0 saturated carbocycles. The van der Waals surface area contributed by atoms with Crippen molar-refractivity contribution in [1.29, 1.82) is 0 Å². The van der Waals surface area contributed by atoms with E-state index in [1.807, 2.05) is 36.4 Å². The van der Waals surface area contributed by atoms with Crippen molar-refractivity contribution in [2.75, 3.05) is 17.7 Å². The summed E-state index contributed by atoms with van der Waals surface area (Å²) in [6, 6.07) is 13.2. The number of amides is 1. The SMILES string of the molecule is Cc1[nH]c(=O)[nH]c(=O)c1CSCC(=O)OCC(=O)Nc1cccc2ccccc12. The summed E-state index contributed by atoms with van der Waals surface area (Å²) in [5.41, 5.74) is 0.427. The molecule has 0 atom stereocenters. The summed E-state index contributed by atoms with van der Waals surface area (Å²) in [5, 5.41) is 4.63. The van der Waals surface area contributed by atoms with Gasteiger partial charge in [-0.25, -0.2) is 4.79 Å². The van der Waals surface area contributed by atoms with Gasteiger partial charge in [0.2, 0.25) is 0 Å². The number of anilines is 1. The lowest BCUT2D eigenvalue weighted by Gasteiger charge is -2.09. The molecule has 0 fully saturated rings. The second-order valence-corrected chi connectivity index (χ2v) is 7.23. The summed E-state index contributed by atoms with van der Waals surface area (Å²) in [4.78, 5) is 51.5. The van der Waals surface area contributed by atoms with Crippen LogP contribution in [0.4, 0.5) is 5.69 Å². The van der Waals surface area contributed by atoms with Crippen LogP contribution in [-0.2, 0) is 20.1 Å². The second kappa shape index (κ2) is 9.24. The van der Waals surface area contributed by atoms with Crippen LogP contribution in [0.5, 0.6) is 0 Å². The van der Waals surface area contributed by atoms with E-state index in [4.69, 9.17) is 4.74 Å². The Balaban J connectivity index is 1.47. The number of ether oxygens (including phenoxy) is 1. The maximum absolute atomic E-state index is 12.1. The number of thioether (sulfide) groups is 1. The van der Waals surface area contributed by atoms with Gasteiger partial charge in [0.1, 0.15) is 0 Å². The van der Waals surface area contributed by atoms with E-state index in [1.54, 1.807) is 13.0 Å². The number of aryl methyl sites for hydroxylation is 1. The Morgan fingerprint density at radius 2 is 1.83 bits per heavy atom. The first-order valence-electron chi connectivity index (χ1n) is 8.77. The molecule has 150 valence electrons. The molecular weight excluding hydrogens is 394 g/mol. The minimum atomic E-state index is -0.571. The number of hydrogen-bond acceptors (Lipinski definition) is 6. The predicted molar refractivity (Wildman–Crippen MR) is 112 cm³/mol. The van der Waals surface area contributed by atoms with Crippen LogP contribution >= 0.6 is 11.8 Å². The number of benzene rings is 2. The Hall–Kier alpha value is -3.33. The third kappa shape index (κ3) is 5.35. The normalized spacial score (nSPS) is 10.7. The summed E-state index contributed by atoms with van der Waals surface area (Å²) in [5.74, 6) is -0.802. The van der Waals surface area contributed by atoms with Gasteiger partial charge < -0.3 is 15.0 Å². The predicted octanol–water partition coefficient (Wildman–Crippen LogP) is 1.94. The van der Waals surface area contributed by atoms with E-state index in [1.165, 1.54) is 0 Å². The molecular formula is C20H19N3O5S. The molecule has 1 amide bonds. The molecule has 3 rings (SSSR count). The molecule has 8 nitrogen and oxygen atoms in total. The highest BCUT2D eigenvalue weighted by Crippen LogP contribution is 2.22. The maximum Gasteiger partial charge on any atom is 0.325 e. The van der Waals surface area contributed by atoms with Crippen LogP contribution in [0.3, 0.4) is 0 Å². The fraction of sp³-hybridized carbons (Fsp3) is 0.200. The first-order chi connectivity index (χ1) is 13.9. The summed E-state index contributed by atoms with van der Waals surface area (Å²) >= 11 is 1.16. The fourth-order valence-corrected chi connectivity index (χ4v) is 3.65. The molecule has 0 radical (unpaired) electrons. The van der Waals surface area contributed by atoms with E-state index < -0.39 is 29.7 Å². The molecule has 29 heavy (non-hydrogen) atoms. The number of carbonyl (C=O) groups is 2. The van der Waals surface area contributed by atoms with Gasteiger partial charge in [0, 0.05) is 28.1 Å². The van der Waals surface area contributed by atoms with Crippen molar-refractivity contribution in [3.8, 4) is 0 Å². The smallest absolute Gasteiger partial charge is 0.325 e. The van der Waals surface area contributed by atoms with E-state index in [0.717, 1.165) is 22.5 Å². The Labute approximate surface area is 169 Å². The van der Waals surface area contributed by atoms with Gasteiger partial charge in [-0.1, -0.05) is 36.4 Å². The lowest BCUT2D eigenvalue weighted by molar-refractivity contribution is -0.144. The molecule has 0 aliphatic carbocycles. The van der Waals surface area contributed by atoms with E-state index in [9.17, 15) is 19.2 Å². The number of H-pyrrole nitrogens is 2. The largest absolute Gasteiger partial charge is 0.455 e. The van der Waals surface area contributed by atoms with Crippen LogP contribution in [0.15, 0.2) is 52.1 Å². The summed E-state index contributed by atoms with van der Waals surface area (Å²) in [6.45, 7) is 1.21. The van der Waals surface area contributed by atoms with Crippen LogP contribution < -0.4 is 16.6 Å². The first kappa shape index (κ1) is 20.4. The average Bonchev–Trinajstić information content (AvgIpc) is 2.68. The number of aromatic amines is 2. The molecule has 0 unspecified atom stereocenters. The van der Waals surface area contributed by atoms with Gasteiger partial charge in [0.05, 0.1) is 5.75 Å². The first-order valence-corrected chi connectivity index (χ1v) is 9.92. The number of rotatable bonds is 7. The monoisotopic (exact) mass is 413 g/mol. The van der Waals surface area contributed by atoms with Crippen LogP contribution in [-0.4, -0.2) is 34.2 Å². The van der Waals surface area contributed by atoms with Gasteiger partial charge in [0.25, 0.3) is 11.5 Å². The van der Waals surface area contributed by atoms with Crippen molar-refractivity contribution in [3.63, 3.8) is 0 Å². The van der Waals surface area contributed by atoms with Gasteiger partial charge in [-0.15, -0.1) is 11.8 Å². The molecule has 1 heterocycles. The van der Waals surface area contributed by atoms with Gasteiger partial charge in [-0.05, 0) is 18.4 Å². The molecule has 0 bridgehead atoms. The van der Waals surface area contributed by atoms with Crippen LogP contribution in [0, 0.1) is 6.92 Å². The zero-order chi connectivity index (χ0) is 20.8. The zero-order valence-corrected chi connectivity index (χ0v) is 16.4. The molecule has 2 aromatic carbocycles. The molecule has 1 aromatic heterocycles. The highest BCUT2D eigenvalue weighted by atomic mass is 32.2. The second-order valence-electron chi connectivity index (χ2n) is 6.24. The summed E-state index contributed by atoms with van der Waals surface area (Å²) in [7, 11) is 0. The lowest BCUT2D eigenvalue weighted by Crippen LogP contribution is -2.26. The lowest BCUT2D eigenvalue weighted by atomic mass is 10.1. The number of esters is 1. The Kier molecular flexibility index (Phi) is 6.50. The molecule has 3 N–H and O–H groups in total. The molecule has 0 saturated heterocycles. The fourth-order valence-electron chi connectivity index (χ4n) is 2.74. The molecule has 0 aliphatic rings. The summed E-state index contributed by atoms with van der Waals surface area (Å²) < 4.78 is 4.99. The van der Waals surface area contributed by atoms with Crippen LogP contribution in [0.25, 0.3) is 10.8 Å². The van der Waals surface area contributed by atoms with Crippen molar-refractivity contribution < 1.29 is 14.3 Å². The van der Waals surface area contributed by atoms with Crippen LogP contribution in [0.2, 0.25) is 0 Å². The highest BCUT2D eigenvalue weighted by Gasteiger charge is 2.11. The molecule has 0 spiro atoms. The van der Waals surface area contributed by atoms with Crippen molar-refractivity contribution in [2.24, 2.45) is 0 Å². The molecule has 3 aromatic rings. The number of hydrogen-bond donors (Lipinski definition) is 3. The number of nitrogens with one attached hydrogen (secondary N) is 3. The number of carbonyl (C=O) groups excluding carboxylic acids is 2. The molecule has 9 heteroatoms. The van der Waals surface area contributed by atoms with E-state index in [2.05, 4.69) is 15.3 Å². The minimum absolute atomic E-state index is 0.0282. The molecule has 0 aliphatic heterocycles. The quantitative estimate of drug-likeness (QED) is 0.509. The van der Waals surface area contributed by atoms with E-state index in [0.29, 0.717) is 16.9 Å². The maximum atomic E-state index is 12.1. The third-order valence-corrected chi connectivity index (χ3v) is 5.08. The van der Waals surface area contributed by atoms with Gasteiger partial charge >= 0.3 is 11.7 Å². The number of fused-ring (bicyclic) bond motifs is 1. The Bertz CT molecular complexity index is 1160. The average molecular weight is 413 g/mol. The van der Waals surface area contributed by atoms with Gasteiger partial charge in [-0.2, -0.15) is 0 Å². The topological polar surface area (TPSA) is 121 Å². The van der Waals surface area contributed by atoms with Crippen molar-refractivity contribution in [1.82, 2.24) is 9.97 Å². The Morgan fingerprint density at radius 1 is 1.07 bits per heavy atom. The highest BCUT2D eigenvalue weighted by molar-refractivity contribution is 7.99. The van der Waals surface area contributed by atoms with Crippen molar-refractivity contribution in [3.05, 3.63) is 74.6 Å². The van der Waals surface area contributed by atoms with E-state index >= 15 is 0 Å². The van der Waals surface area contributed by atoms with Crippen molar-refractivity contribution >= 4 is 40.1 Å². The van der Waals surface area contributed by atoms with Crippen LogP contribution in [0.1, 0.15) is 11.3 Å². The minimum Gasteiger partial charge on any atom is -0.455 e. The van der Waals surface area contributed by atoms with Gasteiger partial charge in [0.15, 0.2) is 6.61 Å². The van der Waals surface area contributed by atoms with Gasteiger partial charge in [-0.3, -0.25) is 19.4 Å². The zero-order valence-electron chi connectivity index (χ0n) is 15.6.